The van der Waals surface area contributed by atoms with Crippen molar-refractivity contribution in [1.29, 1.82) is 0 Å². The van der Waals surface area contributed by atoms with E-state index in [1.54, 1.807) is 0 Å². The fourth-order valence-corrected chi connectivity index (χ4v) is 2.23. The van der Waals surface area contributed by atoms with Crippen molar-refractivity contribution < 1.29 is 5.11 Å². The molecule has 0 aliphatic rings. The smallest absolute Gasteiger partial charge is 0.0830 e. The molecule has 3 heteroatoms. The van der Waals surface area contributed by atoms with Gasteiger partial charge in [-0.1, -0.05) is 51.8 Å². The number of aliphatic hydroxyl groups is 1. The van der Waals surface area contributed by atoms with E-state index in [9.17, 15) is 5.11 Å². The van der Waals surface area contributed by atoms with Crippen molar-refractivity contribution in [3.63, 3.8) is 0 Å². The topological polar surface area (TPSA) is 20.2 Å². The molecular formula is C15H14BrClO. The Kier molecular flexibility index (Phi) is 4.44. The van der Waals surface area contributed by atoms with Crippen molar-refractivity contribution in [2.24, 2.45) is 0 Å². The molecule has 1 unspecified atom stereocenters. The Morgan fingerprint density at radius 2 is 1.83 bits per heavy atom. The summed E-state index contributed by atoms with van der Waals surface area (Å²) in [6.45, 7) is 1.95. The molecule has 1 nitrogen and oxygen atoms in total. The maximum atomic E-state index is 10.2. The maximum absolute atomic E-state index is 10.2. The molecule has 0 aliphatic carbocycles. The number of benzene rings is 2. The largest absolute Gasteiger partial charge is 0.388 e. The molecule has 1 atom stereocenters. The van der Waals surface area contributed by atoms with Crippen molar-refractivity contribution in [3.05, 3.63) is 68.7 Å². The first-order valence-electron chi connectivity index (χ1n) is 5.75. The zero-order chi connectivity index (χ0) is 13.1. The second-order valence-corrected chi connectivity index (χ2v) is 5.68. The molecule has 0 fully saturated rings. The number of hydrogen-bond acceptors (Lipinski definition) is 1. The van der Waals surface area contributed by atoms with Crippen LogP contribution in [0.2, 0.25) is 5.02 Å². The van der Waals surface area contributed by atoms with E-state index in [0.29, 0.717) is 11.4 Å². The summed E-state index contributed by atoms with van der Waals surface area (Å²) in [7, 11) is 0. The molecule has 1 N–H and O–H groups in total. The lowest BCUT2D eigenvalue weighted by molar-refractivity contribution is 0.178. The normalized spacial score (nSPS) is 12.4. The summed E-state index contributed by atoms with van der Waals surface area (Å²) < 4.78 is 1.04. The van der Waals surface area contributed by atoms with Crippen LogP contribution in [0, 0.1) is 6.92 Å². The SMILES string of the molecule is Cc1ccc(C(O)Cc2ccc(Br)cc2)cc1Cl. The summed E-state index contributed by atoms with van der Waals surface area (Å²) in [6, 6.07) is 13.6. The minimum atomic E-state index is -0.524. The molecule has 0 radical (unpaired) electrons. The van der Waals surface area contributed by atoms with Gasteiger partial charge in [0.05, 0.1) is 6.10 Å². The van der Waals surface area contributed by atoms with E-state index in [1.165, 1.54) is 0 Å². The zero-order valence-electron chi connectivity index (χ0n) is 10.0. The molecule has 2 aromatic carbocycles. The Balaban J connectivity index is 2.13. The van der Waals surface area contributed by atoms with Gasteiger partial charge < -0.3 is 5.11 Å². The Morgan fingerprint density at radius 3 is 2.44 bits per heavy atom. The number of hydrogen-bond donors (Lipinski definition) is 1. The highest BCUT2D eigenvalue weighted by atomic mass is 79.9. The highest BCUT2D eigenvalue weighted by Gasteiger charge is 2.09. The molecule has 0 saturated carbocycles. The highest BCUT2D eigenvalue weighted by molar-refractivity contribution is 9.10. The Hall–Kier alpha value is -0.830. The van der Waals surface area contributed by atoms with E-state index in [0.717, 1.165) is 21.2 Å². The average Bonchev–Trinajstić information content (AvgIpc) is 2.35. The zero-order valence-corrected chi connectivity index (χ0v) is 12.4. The number of rotatable bonds is 3. The van der Waals surface area contributed by atoms with Crippen LogP contribution in [0.25, 0.3) is 0 Å². The first-order chi connectivity index (χ1) is 8.56. The van der Waals surface area contributed by atoms with E-state index < -0.39 is 6.10 Å². The lowest BCUT2D eigenvalue weighted by atomic mass is 10.0. The quantitative estimate of drug-likeness (QED) is 0.868. The fraction of sp³-hybridized carbons (Fsp3) is 0.200. The molecule has 0 saturated heterocycles. The van der Waals surface area contributed by atoms with Crippen LogP contribution in [0.4, 0.5) is 0 Å². The van der Waals surface area contributed by atoms with Gasteiger partial charge in [-0.3, -0.25) is 0 Å². The summed E-state index contributed by atoms with van der Waals surface area (Å²) in [5.74, 6) is 0. The third kappa shape index (κ3) is 3.35. The predicted octanol–water partition coefficient (Wildman–Crippen LogP) is 4.69. The van der Waals surface area contributed by atoms with E-state index in [4.69, 9.17) is 11.6 Å². The van der Waals surface area contributed by atoms with Crippen LogP contribution < -0.4 is 0 Å². The number of halogens is 2. The van der Waals surface area contributed by atoms with E-state index in [1.807, 2.05) is 49.4 Å². The molecule has 18 heavy (non-hydrogen) atoms. The van der Waals surface area contributed by atoms with Gasteiger partial charge in [-0.05, 0) is 41.8 Å². The van der Waals surface area contributed by atoms with Gasteiger partial charge in [0.2, 0.25) is 0 Å². The van der Waals surface area contributed by atoms with Crippen LogP contribution in [-0.2, 0) is 6.42 Å². The van der Waals surface area contributed by atoms with Crippen LogP contribution in [0.5, 0.6) is 0 Å². The second-order valence-electron chi connectivity index (χ2n) is 4.36. The van der Waals surface area contributed by atoms with Crippen molar-refractivity contribution in [2.75, 3.05) is 0 Å². The average molecular weight is 326 g/mol. The van der Waals surface area contributed by atoms with Gasteiger partial charge in [-0.15, -0.1) is 0 Å². The minimum absolute atomic E-state index is 0.524. The monoisotopic (exact) mass is 324 g/mol. The standard InChI is InChI=1S/C15H14BrClO/c1-10-2-5-12(9-14(10)17)15(18)8-11-3-6-13(16)7-4-11/h2-7,9,15,18H,8H2,1H3. The van der Waals surface area contributed by atoms with Crippen molar-refractivity contribution >= 4 is 27.5 Å². The molecule has 2 aromatic rings. The fourth-order valence-electron chi connectivity index (χ4n) is 1.78. The Labute approximate surface area is 121 Å². The van der Waals surface area contributed by atoms with Gasteiger partial charge in [0, 0.05) is 15.9 Å². The van der Waals surface area contributed by atoms with Crippen molar-refractivity contribution in [1.82, 2.24) is 0 Å². The van der Waals surface area contributed by atoms with Crippen LogP contribution >= 0.6 is 27.5 Å². The van der Waals surface area contributed by atoms with Crippen molar-refractivity contribution in [3.8, 4) is 0 Å². The lowest BCUT2D eigenvalue weighted by Crippen LogP contribution is -2.02. The molecule has 2 rings (SSSR count). The molecule has 94 valence electrons. The van der Waals surface area contributed by atoms with E-state index >= 15 is 0 Å². The van der Waals surface area contributed by atoms with Crippen LogP contribution in [0.3, 0.4) is 0 Å². The van der Waals surface area contributed by atoms with E-state index in [-0.39, 0.29) is 0 Å². The Bertz CT molecular complexity index is 537. The van der Waals surface area contributed by atoms with Gasteiger partial charge in [0.1, 0.15) is 0 Å². The summed E-state index contributed by atoms with van der Waals surface area (Å²) >= 11 is 9.46. The first-order valence-corrected chi connectivity index (χ1v) is 6.92. The van der Waals surface area contributed by atoms with Crippen LogP contribution in [0.1, 0.15) is 22.8 Å². The van der Waals surface area contributed by atoms with E-state index in [2.05, 4.69) is 15.9 Å². The van der Waals surface area contributed by atoms with Crippen LogP contribution in [-0.4, -0.2) is 5.11 Å². The molecule has 0 aromatic heterocycles. The molecule has 0 amide bonds. The van der Waals surface area contributed by atoms with Gasteiger partial charge in [-0.25, -0.2) is 0 Å². The van der Waals surface area contributed by atoms with Gasteiger partial charge >= 0.3 is 0 Å². The Morgan fingerprint density at radius 1 is 1.17 bits per heavy atom. The third-order valence-corrected chi connectivity index (χ3v) is 3.86. The predicted molar refractivity (Wildman–Crippen MR) is 79.0 cm³/mol. The summed E-state index contributed by atoms with van der Waals surface area (Å²) in [5, 5.41) is 10.9. The molecule has 0 aliphatic heterocycles. The highest BCUT2D eigenvalue weighted by Crippen LogP contribution is 2.24. The second kappa shape index (κ2) is 5.87. The number of aryl methyl sites for hydroxylation is 1. The summed E-state index contributed by atoms with van der Waals surface area (Å²) in [4.78, 5) is 0. The van der Waals surface area contributed by atoms with Gasteiger partial charge in [0.25, 0.3) is 0 Å². The molecule has 0 bridgehead atoms. The summed E-state index contributed by atoms with van der Waals surface area (Å²) in [6.07, 6.45) is 0.0661. The number of aliphatic hydroxyl groups excluding tert-OH is 1. The molecule has 0 heterocycles. The maximum Gasteiger partial charge on any atom is 0.0830 e. The molecular weight excluding hydrogens is 312 g/mol. The minimum Gasteiger partial charge on any atom is -0.388 e. The van der Waals surface area contributed by atoms with Crippen molar-refractivity contribution in [2.45, 2.75) is 19.4 Å². The first kappa shape index (κ1) is 13.6. The van der Waals surface area contributed by atoms with Gasteiger partial charge in [0.15, 0.2) is 0 Å². The summed E-state index contributed by atoms with van der Waals surface area (Å²) in [5.41, 5.74) is 2.98. The third-order valence-electron chi connectivity index (χ3n) is 2.92. The van der Waals surface area contributed by atoms with Crippen LogP contribution in [0.15, 0.2) is 46.9 Å². The lowest BCUT2D eigenvalue weighted by Gasteiger charge is -2.12. The molecule has 0 spiro atoms. The van der Waals surface area contributed by atoms with Gasteiger partial charge in [-0.2, -0.15) is 0 Å².